The molecule has 1 aliphatic rings. The van der Waals surface area contributed by atoms with Gasteiger partial charge in [0.2, 0.25) is 5.91 Å². The maximum atomic E-state index is 11.7. The molecular weight excluding hydrogens is 202 g/mol. The molecule has 4 nitrogen and oxygen atoms in total. The third-order valence-electron chi connectivity index (χ3n) is 2.73. The number of nitrogens with two attached hydrogens (primary N) is 1. The minimum atomic E-state index is 0.0281. The van der Waals surface area contributed by atoms with Gasteiger partial charge >= 0.3 is 0 Å². The van der Waals surface area contributed by atoms with Gasteiger partial charge in [0.1, 0.15) is 0 Å². The number of benzene rings is 1. The summed E-state index contributed by atoms with van der Waals surface area (Å²) in [7, 11) is 0. The number of amides is 1. The minimum Gasteiger partial charge on any atom is -0.326 e. The molecule has 0 bridgehead atoms. The second kappa shape index (κ2) is 5.09. The average molecular weight is 219 g/mol. The third kappa shape index (κ3) is 3.05. The summed E-state index contributed by atoms with van der Waals surface area (Å²) in [5, 5.41) is 2.86. The van der Waals surface area contributed by atoms with Gasteiger partial charge < -0.3 is 11.1 Å². The molecule has 0 radical (unpaired) electrons. The quantitative estimate of drug-likeness (QED) is 0.785. The van der Waals surface area contributed by atoms with Crippen LogP contribution in [0.2, 0.25) is 0 Å². The van der Waals surface area contributed by atoms with Gasteiger partial charge in [-0.15, -0.1) is 0 Å². The van der Waals surface area contributed by atoms with E-state index in [0.717, 1.165) is 25.2 Å². The lowest BCUT2D eigenvalue weighted by molar-refractivity contribution is -0.117. The highest BCUT2D eigenvalue weighted by Gasteiger charge is 2.20. The Morgan fingerprint density at radius 1 is 1.44 bits per heavy atom. The van der Waals surface area contributed by atoms with Crippen molar-refractivity contribution in [2.45, 2.75) is 12.5 Å². The minimum absolute atomic E-state index is 0.0281. The normalized spacial score (nSPS) is 20.9. The first-order valence-corrected chi connectivity index (χ1v) is 5.57. The molecule has 2 rings (SSSR count). The second-order valence-corrected chi connectivity index (χ2v) is 4.20. The lowest BCUT2D eigenvalue weighted by Gasteiger charge is -2.14. The highest BCUT2D eigenvalue weighted by molar-refractivity contribution is 5.92. The average Bonchev–Trinajstić information content (AvgIpc) is 2.65. The second-order valence-electron chi connectivity index (χ2n) is 4.20. The van der Waals surface area contributed by atoms with Crippen LogP contribution in [0.5, 0.6) is 0 Å². The summed E-state index contributed by atoms with van der Waals surface area (Å²) < 4.78 is 0. The van der Waals surface area contributed by atoms with Crippen molar-refractivity contribution >= 4 is 11.6 Å². The Morgan fingerprint density at radius 3 is 2.81 bits per heavy atom. The first-order chi connectivity index (χ1) is 7.74. The molecule has 4 heteroatoms. The summed E-state index contributed by atoms with van der Waals surface area (Å²) >= 11 is 0. The number of carbonyl (C=O) groups is 1. The number of likely N-dealkylation sites (tertiary alicyclic amines) is 1. The maximum absolute atomic E-state index is 11.7. The lowest BCUT2D eigenvalue weighted by Crippen LogP contribution is -2.33. The Bertz CT molecular complexity index is 353. The van der Waals surface area contributed by atoms with Crippen LogP contribution in [0, 0.1) is 0 Å². The van der Waals surface area contributed by atoms with E-state index in [1.54, 1.807) is 0 Å². The van der Waals surface area contributed by atoms with Crippen LogP contribution in [0.25, 0.3) is 0 Å². The number of hydrogen-bond acceptors (Lipinski definition) is 3. The molecule has 0 unspecified atom stereocenters. The number of rotatable bonds is 3. The monoisotopic (exact) mass is 219 g/mol. The van der Waals surface area contributed by atoms with Gasteiger partial charge in [0.05, 0.1) is 6.54 Å². The van der Waals surface area contributed by atoms with Gasteiger partial charge in [-0.25, -0.2) is 0 Å². The molecule has 0 saturated carbocycles. The Morgan fingerprint density at radius 2 is 2.19 bits per heavy atom. The molecule has 0 aromatic heterocycles. The van der Waals surface area contributed by atoms with E-state index in [1.807, 2.05) is 30.3 Å². The van der Waals surface area contributed by atoms with Crippen LogP contribution in [0.4, 0.5) is 5.69 Å². The summed E-state index contributed by atoms with van der Waals surface area (Å²) in [4.78, 5) is 13.8. The van der Waals surface area contributed by atoms with Crippen molar-refractivity contribution in [3.8, 4) is 0 Å². The largest absolute Gasteiger partial charge is 0.326 e. The van der Waals surface area contributed by atoms with Crippen LogP contribution in [0.1, 0.15) is 6.42 Å². The van der Waals surface area contributed by atoms with Crippen molar-refractivity contribution in [2.24, 2.45) is 5.73 Å². The van der Waals surface area contributed by atoms with Crippen molar-refractivity contribution in [3.05, 3.63) is 30.3 Å². The van der Waals surface area contributed by atoms with Crippen LogP contribution in [-0.2, 0) is 4.79 Å². The van der Waals surface area contributed by atoms with Gasteiger partial charge in [0.25, 0.3) is 0 Å². The zero-order valence-corrected chi connectivity index (χ0v) is 9.23. The molecule has 1 fully saturated rings. The first-order valence-electron chi connectivity index (χ1n) is 5.57. The van der Waals surface area contributed by atoms with E-state index in [4.69, 9.17) is 5.73 Å². The number of nitrogens with zero attached hydrogens (tertiary/aromatic N) is 1. The molecule has 86 valence electrons. The van der Waals surface area contributed by atoms with Crippen LogP contribution < -0.4 is 11.1 Å². The van der Waals surface area contributed by atoms with Crippen molar-refractivity contribution in [2.75, 3.05) is 25.0 Å². The Hall–Kier alpha value is -1.39. The number of carbonyl (C=O) groups excluding carboxylic acids is 1. The molecule has 1 atom stereocenters. The smallest absolute Gasteiger partial charge is 0.238 e. The SMILES string of the molecule is N[C@@H]1CCN(CC(=O)Nc2ccccc2)C1. The van der Waals surface area contributed by atoms with Crippen molar-refractivity contribution in [1.29, 1.82) is 0 Å². The Labute approximate surface area is 95.4 Å². The highest BCUT2D eigenvalue weighted by atomic mass is 16.2. The zero-order valence-electron chi connectivity index (χ0n) is 9.23. The predicted octanol–water partition coefficient (Wildman–Crippen LogP) is 0.658. The van der Waals surface area contributed by atoms with Crippen LogP contribution in [0.15, 0.2) is 30.3 Å². The summed E-state index contributed by atoms with van der Waals surface area (Å²) in [6.07, 6.45) is 0.985. The van der Waals surface area contributed by atoms with Gasteiger partial charge in [0, 0.05) is 24.8 Å². The molecule has 1 amide bonds. The molecule has 16 heavy (non-hydrogen) atoms. The van der Waals surface area contributed by atoms with E-state index in [9.17, 15) is 4.79 Å². The predicted molar refractivity (Wildman–Crippen MR) is 64.1 cm³/mol. The van der Waals surface area contributed by atoms with Crippen molar-refractivity contribution in [1.82, 2.24) is 4.90 Å². The van der Waals surface area contributed by atoms with E-state index in [-0.39, 0.29) is 11.9 Å². The summed E-state index contributed by atoms with van der Waals surface area (Å²) in [5.74, 6) is 0.0281. The maximum Gasteiger partial charge on any atom is 0.238 e. The fourth-order valence-electron chi connectivity index (χ4n) is 1.93. The van der Waals surface area contributed by atoms with Crippen molar-refractivity contribution in [3.63, 3.8) is 0 Å². The molecule has 1 heterocycles. The lowest BCUT2D eigenvalue weighted by atomic mass is 10.3. The van der Waals surface area contributed by atoms with E-state index in [0.29, 0.717) is 6.54 Å². The number of anilines is 1. The van der Waals surface area contributed by atoms with Gasteiger partial charge in [-0.3, -0.25) is 9.69 Å². The third-order valence-corrected chi connectivity index (χ3v) is 2.73. The topological polar surface area (TPSA) is 58.4 Å². The van der Waals surface area contributed by atoms with Crippen molar-refractivity contribution < 1.29 is 4.79 Å². The van der Waals surface area contributed by atoms with E-state index < -0.39 is 0 Å². The van der Waals surface area contributed by atoms with E-state index in [1.165, 1.54) is 0 Å². The van der Waals surface area contributed by atoms with Gasteiger partial charge in [-0.1, -0.05) is 18.2 Å². The van der Waals surface area contributed by atoms with E-state index >= 15 is 0 Å². The number of nitrogens with one attached hydrogen (secondary N) is 1. The molecule has 1 saturated heterocycles. The molecule has 1 aliphatic heterocycles. The molecule has 0 aliphatic carbocycles. The molecule has 1 aromatic carbocycles. The molecular formula is C12H17N3O. The van der Waals surface area contributed by atoms with Crippen LogP contribution >= 0.6 is 0 Å². The number of hydrogen-bond donors (Lipinski definition) is 2. The molecule has 0 spiro atoms. The summed E-state index contributed by atoms with van der Waals surface area (Å²) in [5.41, 5.74) is 6.62. The highest BCUT2D eigenvalue weighted by Crippen LogP contribution is 2.08. The Balaban J connectivity index is 1.81. The molecule has 1 aromatic rings. The number of para-hydroxylation sites is 1. The first kappa shape index (κ1) is 11.1. The van der Waals surface area contributed by atoms with Gasteiger partial charge in [0.15, 0.2) is 0 Å². The van der Waals surface area contributed by atoms with Crippen LogP contribution in [0.3, 0.4) is 0 Å². The summed E-state index contributed by atoms with van der Waals surface area (Å²) in [6, 6.07) is 9.73. The standard InChI is InChI=1S/C12H17N3O/c13-10-6-7-15(8-10)9-12(16)14-11-4-2-1-3-5-11/h1-5,10H,6-9,13H2,(H,14,16)/t10-/m1/s1. The van der Waals surface area contributed by atoms with Gasteiger partial charge in [-0.2, -0.15) is 0 Å². The Kier molecular flexibility index (Phi) is 3.54. The fraction of sp³-hybridized carbons (Fsp3) is 0.417. The summed E-state index contributed by atoms with van der Waals surface area (Å²) in [6.45, 7) is 2.17. The van der Waals surface area contributed by atoms with Gasteiger partial charge in [-0.05, 0) is 18.6 Å². The van der Waals surface area contributed by atoms with E-state index in [2.05, 4.69) is 10.2 Å². The van der Waals surface area contributed by atoms with Crippen LogP contribution in [-0.4, -0.2) is 36.5 Å². The fourth-order valence-corrected chi connectivity index (χ4v) is 1.93. The zero-order chi connectivity index (χ0) is 11.4. The molecule has 3 N–H and O–H groups in total.